The number of rotatable bonds is 6. The van der Waals surface area contributed by atoms with Crippen LogP contribution in [0, 0.1) is 0 Å². The number of fused-ring (bicyclic) bond motifs is 1. The molecule has 4 nitrogen and oxygen atoms in total. The van der Waals surface area contributed by atoms with Crippen molar-refractivity contribution in [1.29, 1.82) is 0 Å². The molecule has 1 aliphatic heterocycles. The third kappa shape index (κ3) is 5.79. The van der Waals surface area contributed by atoms with E-state index in [1.807, 2.05) is 104 Å². The molecule has 0 fully saturated rings. The summed E-state index contributed by atoms with van der Waals surface area (Å²) in [5, 5.41) is 3.68. The molecule has 0 aromatic heterocycles. The summed E-state index contributed by atoms with van der Waals surface area (Å²) in [5.41, 5.74) is 4.31. The average Bonchev–Trinajstić information content (AvgIpc) is 2.92. The van der Waals surface area contributed by atoms with Crippen molar-refractivity contribution in [2.24, 2.45) is 0 Å². The third-order valence-electron chi connectivity index (χ3n) is 6.18. The van der Waals surface area contributed by atoms with Crippen LogP contribution in [0.2, 0.25) is 5.02 Å². The summed E-state index contributed by atoms with van der Waals surface area (Å²) in [6, 6.07) is 32.5. The Balaban J connectivity index is 1.35. The van der Waals surface area contributed by atoms with E-state index in [2.05, 4.69) is 5.32 Å². The lowest BCUT2D eigenvalue weighted by molar-refractivity contribution is -0.114. The fraction of sp³-hybridized carbons (Fsp3) is 0.0968. The summed E-state index contributed by atoms with van der Waals surface area (Å²) in [7, 11) is 0. The van der Waals surface area contributed by atoms with E-state index in [9.17, 15) is 9.59 Å². The summed E-state index contributed by atoms with van der Waals surface area (Å²) >= 11 is 7.64. The van der Waals surface area contributed by atoms with E-state index in [1.165, 1.54) is 11.8 Å². The van der Waals surface area contributed by atoms with Crippen molar-refractivity contribution in [2.45, 2.75) is 24.4 Å². The van der Waals surface area contributed by atoms with Gasteiger partial charge in [-0.05, 0) is 66.1 Å². The molecule has 2 amide bonds. The number of para-hydroxylation sites is 1. The lowest BCUT2D eigenvalue weighted by Gasteiger charge is -2.30. The summed E-state index contributed by atoms with van der Waals surface area (Å²) in [6.07, 6.45) is 1.88. The highest BCUT2D eigenvalue weighted by atomic mass is 35.5. The third-order valence-corrected chi connectivity index (χ3v) is 7.49. The fourth-order valence-corrected chi connectivity index (χ4v) is 5.50. The lowest BCUT2D eigenvalue weighted by Crippen LogP contribution is -2.33. The van der Waals surface area contributed by atoms with E-state index in [4.69, 9.17) is 11.6 Å². The van der Waals surface area contributed by atoms with Crippen molar-refractivity contribution in [3.05, 3.63) is 135 Å². The number of nitrogens with one attached hydrogen (secondary N) is 1. The topological polar surface area (TPSA) is 49.4 Å². The molecule has 1 atom stereocenters. The first kappa shape index (κ1) is 24.9. The van der Waals surface area contributed by atoms with Crippen LogP contribution in [0.5, 0.6) is 0 Å². The minimum Gasteiger partial charge on any atom is -0.346 e. The maximum atomic E-state index is 13.6. The molecular weight excluding hydrogens is 500 g/mol. The Bertz CT molecular complexity index is 1470. The second kappa shape index (κ2) is 11.1. The summed E-state index contributed by atoms with van der Waals surface area (Å²) in [5.74, 6) is -0.206. The Morgan fingerprint density at radius 1 is 0.946 bits per heavy atom. The van der Waals surface area contributed by atoms with Crippen molar-refractivity contribution in [1.82, 2.24) is 5.32 Å². The molecule has 4 aromatic rings. The quantitative estimate of drug-likeness (QED) is 0.265. The van der Waals surface area contributed by atoms with E-state index in [0.717, 1.165) is 27.3 Å². The highest BCUT2D eigenvalue weighted by molar-refractivity contribution is 8.04. The minimum absolute atomic E-state index is 0.0674. The summed E-state index contributed by atoms with van der Waals surface area (Å²) in [6.45, 7) is 2.39. The van der Waals surface area contributed by atoms with Crippen molar-refractivity contribution < 1.29 is 9.59 Å². The zero-order valence-corrected chi connectivity index (χ0v) is 21.8. The number of nitrogens with zero attached hydrogens (tertiary/aromatic N) is 1. The molecular formula is C31H25ClN2O2S. The van der Waals surface area contributed by atoms with Crippen LogP contribution in [-0.2, 0) is 11.3 Å². The maximum absolute atomic E-state index is 13.6. The molecule has 0 saturated heterocycles. The first-order valence-electron chi connectivity index (χ1n) is 12.0. The van der Waals surface area contributed by atoms with Crippen LogP contribution in [0.25, 0.3) is 6.08 Å². The number of halogens is 1. The Morgan fingerprint density at radius 2 is 1.68 bits per heavy atom. The monoisotopic (exact) mass is 524 g/mol. The number of hydrogen-bond donors (Lipinski definition) is 1. The van der Waals surface area contributed by atoms with Crippen LogP contribution in [0.4, 0.5) is 5.69 Å². The largest absolute Gasteiger partial charge is 0.346 e. The van der Waals surface area contributed by atoms with Gasteiger partial charge >= 0.3 is 0 Å². The molecule has 0 saturated carbocycles. The molecule has 0 unspecified atom stereocenters. The van der Waals surface area contributed by atoms with Gasteiger partial charge in [0.2, 0.25) is 0 Å². The van der Waals surface area contributed by atoms with Gasteiger partial charge in [-0.1, -0.05) is 90.1 Å². The van der Waals surface area contributed by atoms with Crippen molar-refractivity contribution in [2.75, 3.05) is 4.90 Å². The molecule has 4 aromatic carbocycles. The first-order chi connectivity index (χ1) is 18.0. The van der Waals surface area contributed by atoms with Crippen LogP contribution in [0.15, 0.2) is 113 Å². The molecule has 1 N–H and O–H groups in total. The second-order valence-corrected chi connectivity index (χ2v) is 10.3. The number of amides is 2. The van der Waals surface area contributed by atoms with E-state index in [-0.39, 0.29) is 17.9 Å². The Hall–Kier alpha value is -3.80. The van der Waals surface area contributed by atoms with Gasteiger partial charge in [0.25, 0.3) is 11.8 Å². The predicted octanol–water partition coefficient (Wildman–Crippen LogP) is 7.51. The molecule has 37 heavy (non-hydrogen) atoms. The highest BCUT2D eigenvalue weighted by Gasteiger charge is 2.29. The molecule has 1 heterocycles. The van der Waals surface area contributed by atoms with Crippen LogP contribution in [0.1, 0.15) is 40.0 Å². The highest BCUT2D eigenvalue weighted by Crippen LogP contribution is 2.42. The van der Waals surface area contributed by atoms with Gasteiger partial charge in [-0.25, -0.2) is 0 Å². The number of anilines is 1. The molecule has 0 radical (unpaired) electrons. The smallest absolute Gasteiger partial charge is 0.265 e. The minimum atomic E-state index is -0.139. The number of carbonyl (C=O) groups excluding carboxylic acids is 2. The SMILES string of the molecule is C[C@H](NC(=O)c1ccc(/C=C2/Sc3ccccc3N(Cc3cccc(Cl)c3)C2=O)cc1)c1ccccc1. The van der Waals surface area contributed by atoms with Crippen molar-refractivity contribution in [3.8, 4) is 0 Å². The first-order valence-corrected chi connectivity index (χ1v) is 13.2. The standard InChI is InChI=1S/C31H25ClN2O2S/c1-21(24-9-3-2-4-10-24)33-30(35)25-16-14-22(15-17-25)19-29-31(36)34(20-23-8-7-11-26(32)18-23)27-12-5-6-13-28(27)37-29/h2-19,21H,20H2,1H3,(H,33,35)/b29-19+/t21-/m0/s1. The van der Waals surface area contributed by atoms with Gasteiger partial charge < -0.3 is 10.2 Å². The summed E-state index contributed by atoms with van der Waals surface area (Å²) in [4.78, 5) is 29.7. The average molecular weight is 525 g/mol. The number of thioether (sulfide) groups is 1. The van der Waals surface area contributed by atoms with Crippen LogP contribution < -0.4 is 10.2 Å². The van der Waals surface area contributed by atoms with Crippen molar-refractivity contribution >= 4 is 46.9 Å². The molecule has 0 bridgehead atoms. The van der Waals surface area contributed by atoms with E-state index in [1.54, 1.807) is 17.0 Å². The van der Waals surface area contributed by atoms with Crippen molar-refractivity contribution in [3.63, 3.8) is 0 Å². The molecule has 184 valence electrons. The van der Waals surface area contributed by atoms with E-state index >= 15 is 0 Å². The molecule has 1 aliphatic rings. The molecule has 0 spiro atoms. The molecule has 5 rings (SSSR count). The summed E-state index contributed by atoms with van der Waals surface area (Å²) < 4.78 is 0. The van der Waals surface area contributed by atoms with Gasteiger partial charge in [-0.3, -0.25) is 9.59 Å². The number of carbonyl (C=O) groups is 2. The van der Waals surface area contributed by atoms with Gasteiger partial charge in [0.15, 0.2) is 0 Å². The Labute approximate surface area is 226 Å². The van der Waals surface area contributed by atoms with Gasteiger partial charge in [-0.15, -0.1) is 0 Å². The van der Waals surface area contributed by atoms with Gasteiger partial charge in [0.1, 0.15) is 0 Å². The van der Waals surface area contributed by atoms with Crippen LogP contribution in [-0.4, -0.2) is 11.8 Å². The number of benzene rings is 4. The zero-order valence-electron chi connectivity index (χ0n) is 20.2. The Kier molecular flexibility index (Phi) is 7.45. The van der Waals surface area contributed by atoms with E-state index in [0.29, 0.717) is 22.0 Å². The van der Waals surface area contributed by atoms with Gasteiger partial charge in [0, 0.05) is 15.5 Å². The van der Waals surface area contributed by atoms with E-state index < -0.39 is 0 Å². The Morgan fingerprint density at radius 3 is 2.43 bits per heavy atom. The number of hydrogen-bond acceptors (Lipinski definition) is 3. The maximum Gasteiger partial charge on any atom is 0.265 e. The van der Waals surface area contributed by atoms with Crippen LogP contribution >= 0.6 is 23.4 Å². The fourth-order valence-electron chi connectivity index (χ4n) is 4.22. The molecule has 6 heteroatoms. The second-order valence-electron chi connectivity index (χ2n) is 8.83. The van der Waals surface area contributed by atoms with Gasteiger partial charge in [-0.2, -0.15) is 0 Å². The lowest BCUT2D eigenvalue weighted by atomic mass is 10.1. The van der Waals surface area contributed by atoms with Gasteiger partial charge in [0.05, 0.1) is 23.2 Å². The predicted molar refractivity (Wildman–Crippen MR) is 152 cm³/mol. The zero-order chi connectivity index (χ0) is 25.8. The van der Waals surface area contributed by atoms with Crippen LogP contribution in [0.3, 0.4) is 0 Å². The normalized spacial score (nSPS) is 14.8. The molecule has 0 aliphatic carbocycles.